The zero-order valence-electron chi connectivity index (χ0n) is 7.45. The summed E-state index contributed by atoms with van der Waals surface area (Å²) in [5.74, 6) is 0. The van der Waals surface area contributed by atoms with Gasteiger partial charge < -0.3 is 4.57 Å². The molecule has 0 N–H and O–H groups in total. The van der Waals surface area contributed by atoms with E-state index < -0.39 is 0 Å². The van der Waals surface area contributed by atoms with Gasteiger partial charge in [0.05, 0.1) is 10.5 Å². The Morgan fingerprint density at radius 2 is 2.14 bits per heavy atom. The van der Waals surface area contributed by atoms with Gasteiger partial charge in [-0.15, -0.1) is 0 Å². The van der Waals surface area contributed by atoms with Crippen molar-refractivity contribution in [2.24, 2.45) is 0 Å². The van der Waals surface area contributed by atoms with Gasteiger partial charge in [-0.1, -0.05) is 41.4 Å². The minimum absolute atomic E-state index is 0.747. The molecular formula is C11H9Cl2N. The first kappa shape index (κ1) is 9.63. The number of hydrogen-bond donors (Lipinski definition) is 0. The van der Waals surface area contributed by atoms with Crippen LogP contribution in [0.3, 0.4) is 0 Å². The molecule has 14 heavy (non-hydrogen) atoms. The van der Waals surface area contributed by atoms with Crippen molar-refractivity contribution in [3.63, 3.8) is 0 Å². The highest BCUT2D eigenvalue weighted by molar-refractivity contribution is 6.35. The quantitative estimate of drug-likeness (QED) is 0.727. The Morgan fingerprint density at radius 3 is 2.93 bits per heavy atom. The molecule has 0 bridgehead atoms. The highest BCUT2D eigenvalue weighted by atomic mass is 35.5. The third-order valence-corrected chi connectivity index (χ3v) is 2.61. The molecule has 0 fully saturated rings. The van der Waals surface area contributed by atoms with Crippen LogP contribution >= 0.6 is 23.2 Å². The van der Waals surface area contributed by atoms with Gasteiger partial charge >= 0.3 is 0 Å². The van der Waals surface area contributed by atoms with Gasteiger partial charge in [0.2, 0.25) is 0 Å². The van der Waals surface area contributed by atoms with E-state index in [-0.39, 0.29) is 0 Å². The monoisotopic (exact) mass is 225 g/mol. The number of fused-ring (bicyclic) bond motifs is 1. The summed E-state index contributed by atoms with van der Waals surface area (Å²) in [6.45, 7) is 0.747. The summed E-state index contributed by atoms with van der Waals surface area (Å²) in [6.07, 6.45) is 3.89. The van der Waals surface area contributed by atoms with Crippen LogP contribution in [0, 0.1) is 0 Å². The first-order valence-electron chi connectivity index (χ1n) is 4.31. The first-order chi connectivity index (χ1) is 6.83. The van der Waals surface area contributed by atoms with E-state index in [1.165, 1.54) is 5.54 Å². The molecule has 0 amide bonds. The topological polar surface area (TPSA) is 4.93 Å². The standard InChI is InChI=1S/C11H9Cl2N/c12-6-2-7-14-8-5-9-3-1-4-10(13)11(9)14/h1-6,8H,7H2/b6-2+. The van der Waals surface area contributed by atoms with Crippen molar-refractivity contribution in [3.05, 3.63) is 47.1 Å². The predicted molar refractivity (Wildman–Crippen MR) is 61.9 cm³/mol. The Balaban J connectivity index is 2.55. The van der Waals surface area contributed by atoms with Crippen LogP contribution in [0.1, 0.15) is 0 Å². The lowest BCUT2D eigenvalue weighted by Crippen LogP contribution is -1.92. The molecule has 1 nitrogen and oxygen atoms in total. The Kier molecular flexibility index (Phi) is 2.80. The summed E-state index contributed by atoms with van der Waals surface area (Å²) in [6, 6.07) is 7.93. The summed E-state index contributed by atoms with van der Waals surface area (Å²) < 4.78 is 2.07. The molecule has 0 saturated carbocycles. The third kappa shape index (κ3) is 1.66. The molecular weight excluding hydrogens is 217 g/mol. The van der Waals surface area contributed by atoms with Crippen LogP contribution in [0.5, 0.6) is 0 Å². The van der Waals surface area contributed by atoms with Crippen molar-refractivity contribution >= 4 is 34.1 Å². The first-order valence-corrected chi connectivity index (χ1v) is 5.13. The molecule has 2 rings (SSSR count). The average Bonchev–Trinajstić information content (AvgIpc) is 2.59. The third-order valence-electron chi connectivity index (χ3n) is 2.13. The highest BCUT2D eigenvalue weighted by Gasteiger charge is 2.02. The maximum Gasteiger partial charge on any atom is 0.0672 e. The van der Waals surface area contributed by atoms with Gasteiger partial charge in [0.15, 0.2) is 0 Å². The average molecular weight is 226 g/mol. The van der Waals surface area contributed by atoms with Crippen molar-refractivity contribution in [1.82, 2.24) is 4.57 Å². The van der Waals surface area contributed by atoms with Crippen molar-refractivity contribution in [3.8, 4) is 0 Å². The number of benzene rings is 1. The van der Waals surface area contributed by atoms with Crippen LogP contribution in [-0.2, 0) is 6.54 Å². The van der Waals surface area contributed by atoms with Crippen LogP contribution < -0.4 is 0 Å². The lowest BCUT2D eigenvalue weighted by atomic mass is 10.2. The molecule has 3 heteroatoms. The van der Waals surface area contributed by atoms with Gasteiger partial charge in [0.1, 0.15) is 0 Å². The molecule has 0 aliphatic carbocycles. The molecule has 2 aromatic rings. The Labute approximate surface area is 92.5 Å². The number of nitrogens with zero attached hydrogens (tertiary/aromatic N) is 1. The van der Waals surface area contributed by atoms with Crippen LogP contribution in [0.25, 0.3) is 10.9 Å². The van der Waals surface area contributed by atoms with Gasteiger partial charge in [-0.3, -0.25) is 0 Å². The van der Waals surface area contributed by atoms with E-state index in [2.05, 4.69) is 4.57 Å². The molecule has 1 heterocycles. The van der Waals surface area contributed by atoms with E-state index in [1.54, 1.807) is 0 Å². The summed E-state index contributed by atoms with van der Waals surface area (Å²) in [5.41, 5.74) is 2.58. The van der Waals surface area contributed by atoms with Crippen molar-refractivity contribution in [1.29, 1.82) is 0 Å². The van der Waals surface area contributed by atoms with E-state index >= 15 is 0 Å². The fourth-order valence-corrected chi connectivity index (χ4v) is 1.89. The summed E-state index contributed by atoms with van der Waals surface area (Å²) in [4.78, 5) is 0. The minimum Gasteiger partial charge on any atom is -0.342 e. The molecule has 0 atom stereocenters. The molecule has 0 unspecified atom stereocenters. The molecule has 1 aromatic heterocycles. The van der Waals surface area contributed by atoms with Gasteiger partial charge in [-0.05, 0) is 12.1 Å². The number of hydrogen-bond acceptors (Lipinski definition) is 0. The Morgan fingerprint density at radius 1 is 1.29 bits per heavy atom. The van der Waals surface area contributed by atoms with E-state index in [1.807, 2.05) is 36.5 Å². The molecule has 1 aromatic carbocycles. The number of aromatic nitrogens is 1. The normalized spacial score (nSPS) is 11.6. The number of para-hydroxylation sites is 1. The lowest BCUT2D eigenvalue weighted by molar-refractivity contribution is 0.865. The zero-order valence-corrected chi connectivity index (χ0v) is 8.96. The van der Waals surface area contributed by atoms with E-state index in [9.17, 15) is 0 Å². The van der Waals surface area contributed by atoms with E-state index in [0.717, 1.165) is 22.5 Å². The summed E-state index contributed by atoms with van der Waals surface area (Å²) in [5, 5.41) is 1.93. The molecule has 0 spiro atoms. The largest absolute Gasteiger partial charge is 0.342 e. The second kappa shape index (κ2) is 4.07. The van der Waals surface area contributed by atoms with Gasteiger partial charge in [0, 0.05) is 23.7 Å². The van der Waals surface area contributed by atoms with Gasteiger partial charge in [-0.25, -0.2) is 0 Å². The fourth-order valence-electron chi connectivity index (χ4n) is 1.52. The molecule has 0 saturated heterocycles. The smallest absolute Gasteiger partial charge is 0.0672 e. The van der Waals surface area contributed by atoms with Crippen LogP contribution in [-0.4, -0.2) is 4.57 Å². The second-order valence-corrected chi connectivity index (χ2v) is 3.67. The van der Waals surface area contributed by atoms with Crippen molar-refractivity contribution in [2.45, 2.75) is 6.54 Å². The Hall–Kier alpha value is -0.920. The molecule has 72 valence electrons. The number of halogens is 2. The number of allylic oxidation sites excluding steroid dienone is 1. The SMILES string of the molecule is Cl/C=C/Cn1ccc2cccc(Cl)c21. The summed E-state index contributed by atoms with van der Waals surface area (Å²) >= 11 is 11.6. The molecule has 0 radical (unpaired) electrons. The van der Waals surface area contributed by atoms with E-state index in [0.29, 0.717) is 0 Å². The van der Waals surface area contributed by atoms with Crippen LogP contribution in [0.15, 0.2) is 42.1 Å². The highest BCUT2D eigenvalue weighted by Crippen LogP contribution is 2.24. The molecule has 0 aliphatic heterocycles. The zero-order chi connectivity index (χ0) is 9.97. The van der Waals surface area contributed by atoms with E-state index in [4.69, 9.17) is 23.2 Å². The maximum atomic E-state index is 6.10. The van der Waals surface area contributed by atoms with Crippen molar-refractivity contribution < 1.29 is 0 Å². The van der Waals surface area contributed by atoms with Gasteiger partial charge in [0.25, 0.3) is 0 Å². The molecule has 0 aliphatic rings. The lowest BCUT2D eigenvalue weighted by Gasteiger charge is -2.02. The maximum absolute atomic E-state index is 6.10. The fraction of sp³-hybridized carbons (Fsp3) is 0.0909. The second-order valence-electron chi connectivity index (χ2n) is 3.01. The Bertz CT molecular complexity index is 471. The number of rotatable bonds is 2. The van der Waals surface area contributed by atoms with Crippen LogP contribution in [0.4, 0.5) is 0 Å². The van der Waals surface area contributed by atoms with Crippen molar-refractivity contribution in [2.75, 3.05) is 0 Å². The predicted octanol–water partition coefficient (Wildman–Crippen LogP) is 4.05. The summed E-state index contributed by atoms with van der Waals surface area (Å²) in [7, 11) is 0. The van der Waals surface area contributed by atoms with Crippen LogP contribution in [0.2, 0.25) is 5.02 Å². The van der Waals surface area contributed by atoms with Gasteiger partial charge in [-0.2, -0.15) is 0 Å². The minimum atomic E-state index is 0.747.